The summed E-state index contributed by atoms with van der Waals surface area (Å²) in [6, 6.07) is -0.359. The lowest BCUT2D eigenvalue weighted by molar-refractivity contribution is -0.143. The van der Waals surface area contributed by atoms with Crippen LogP contribution in [0.5, 0.6) is 0 Å². The van der Waals surface area contributed by atoms with Crippen LogP contribution in [0.25, 0.3) is 0 Å². The Hall–Kier alpha value is -1.36. The number of esters is 2. The van der Waals surface area contributed by atoms with Gasteiger partial charge in [-0.25, -0.2) is 4.79 Å². The molecule has 17 heavy (non-hydrogen) atoms. The maximum absolute atomic E-state index is 11.4. The molecule has 0 rings (SSSR count). The van der Waals surface area contributed by atoms with Crippen LogP contribution in [0.1, 0.15) is 20.3 Å². The molecule has 0 bridgehead atoms. The van der Waals surface area contributed by atoms with Gasteiger partial charge in [0.2, 0.25) is 0 Å². The van der Waals surface area contributed by atoms with Crippen molar-refractivity contribution < 1.29 is 19.1 Å². The minimum absolute atomic E-state index is 0.205. The van der Waals surface area contributed by atoms with Crippen LogP contribution in [0.4, 0.5) is 0 Å². The first-order valence-electron chi connectivity index (χ1n) is 5.61. The molecule has 0 aliphatic heterocycles. The van der Waals surface area contributed by atoms with Gasteiger partial charge in [-0.1, -0.05) is 20.4 Å². The van der Waals surface area contributed by atoms with Gasteiger partial charge in [0.1, 0.15) is 12.6 Å². The van der Waals surface area contributed by atoms with Crippen molar-refractivity contribution in [2.75, 3.05) is 20.3 Å². The fraction of sp³-hybridized carbons (Fsp3) is 0.667. The van der Waals surface area contributed by atoms with Crippen molar-refractivity contribution in [1.82, 2.24) is 5.32 Å². The van der Waals surface area contributed by atoms with Crippen molar-refractivity contribution in [2.24, 2.45) is 5.92 Å². The average molecular weight is 243 g/mol. The van der Waals surface area contributed by atoms with Crippen molar-refractivity contribution in [3.63, 3.8) is 0 Å². The van der Waals surface area contributed by atoms with Crippen molar-refractivity contribution in [1.29, 1.82) is 0 Å². The molecule has 0 saturated carbocycles. The summed E-state index contributed by atoms with van der Waals surface area (Å²) in [6.45, 7) is 7.95. The van der Waals surface area contributed by atoms with Crippen LogP contribution < -0.4 is 5.32 Å². The van der Waals surface area contributed by atoms with Gasteiger partial charge >= 0.3 is 11.9 Å². The standard InChI is InChI=1S/C12H21NO4/c1-5-11(14)17-7-6-13-10(8-9(2)3)12(15)16-4/h5,9-10,13H,1,6-8H2,2-4H3/t10-/m0/s1. The normalized spacial score (nSPS) is 12.0. The van der Waals surface area contributed by atoms with Crippen LogP contribution in [0.2, 0.25) is 0 Å². The molecule has 0 saturated heterocycles. The van der Waals surface area contributed by atoms with Crippen LogP contribution in [-0.4, -0.2) is 38.2 Å². The largest absolute Gasteiger partial charge is 0.468 e. The van der Waals surface area contributed by atoms with Gasteiger partial charge in [0.15, 0.2) is 0 Å². The zero-order valence-electron chi connectivity index (χ0n) is 10.7. The summed E-state index contributed by atoms with van der Waals surface area (Å²) in [6.07, 6.45) is 1.79. The number of hydrogen-bond donors (Lipinski definition) is 1. The van der Waals surface area contributed by atoms with Gasteiger partial charge in [-0.3, -0.25) is 4.79 Å². The lowest BCUT2D eigenvalue weighted by Gasteiger charge is -2.18. The van der Waals surface area contributed by atoms with Crippen LogP contribution in [-0.2, 0) is 19.1 Å². The van der Waals surface area contributed by atoms with Gasteiger partial charge in [-0.15, -0.1) is 0 Å². The van der Waals surface area contributed by atoms with Crippen LogP contribution >= 0.6 is 0 Å². The summed E-state index contributed by atoms with van der Waals surface area (Å²) in [4.78, 5) is 22.2. The number of rotatable bonds is 8. The monoisotopic (exact) mass is 243 g/mol. The molecular formula is C12H21NO4. The fourth-order valence-electron chi connectivity index (χ4n) is 1.32. The second-order valence-corrected chi connectivity index (χ2v) is 4.03. The van der Waals surface area contributed by atoms with E-state index in [4.69, 9.17) is 4.74 Å². The zero-order valence-corrected chi connectivity index (χ0v) is 10.7. The molecule has 0 fully saturated rings. The number of carbonyl (C=O) groups excluding carboxylic acids is 2. The Morgan fingerprint density at radius 3 is 2.53 bits per heavy atom. The molecule has 0 heterocycles. The second kappa shape index (κ2) is 8.75. The number of methoxy groups -OCH3 is 1. The number of ether oxygens (including phenoxy) is 2. The SMILES string of the molecule is C=CC(=O)OCCN[C@@H](CC(C)C)C(=O)OC. The molecule has 0 aliphatic rings. The van der Waals surface area contributed by atoms with E-state index in [1.54, 1.807) is 0 Å². The zero-order chi connectivity index (χ0) is 13.3. The van der Waals surface area contributed by atoms with E-state index < -0.39 is 5.97 Å². The highest BCUT2D eigenvalue weighted by Crippen LogP contribution is 2.05. The van der Waals surface area contributed by atoms with Crippen LogP contribution in [0, 0.1) is 5.92 Å². The highest BCUT2D eigenvalue weighted by atomic mass is 16.5. The molecule has 0 aromatic heterocycles. The third-order valence-electron chi connectivity index (χ3n) is 2.10. The molecule has 5 nitrogen and oxygen atoms in total. The minimum atomic E-state index is -0.467. The Bertz CT molecular complexity index is 263. The lowest BCUT2D eigenvalue weighted by Crippen LogP contribution is -2.40. The van der Waals surface area contributed by atoms with Gasteiger partial charge in [0.05, 0.1) is 7.11 Å². The molecule has 0 aromatic rings. The molecule has 0 spiro atoms. The lowest BCUT2D eigenvalue weighted by atomic mass is 10.0. The van der Waals surface area contributed by atoms with Gasteiger partial charge in [-0.2, -0.15) is 0 Å². The van der Waals surface area contributed by atoms with E-state index in [0.29, 0.717) is 18.9 Å². The number of hydrogen-bond acceptors (Lipinski definition) is 5. The number of nitrogens with one attached hydrogen (secondary N) is 1. The first-order valence-corrected chi connectivity index (χ1v) is 5.61. The van der Waals surface area contributed by atoms with Crippen molar-refractivity contribution in [2.45, 2.75) is 26.3 Å². The Morgan fingerprint density at radius 2 is 2.06 bits per heavy atom. The van der Waals surface area contributed by atoms with Crippen molar-refractivity contribution >= 4 is 11.9 Å². The Morgan fingerprint density at radius 1 is 1.41 bits per heavy atom. The summed E-state index contributed by atoms with van der Waals surface area (Å²) in [7, 11) is 1.36. The van der Waals surface area contributed by atoms with Crippen LogP contribution in [0.15, 0.2) is 12.7 Å². The van der Waals surface area contributed by atoms with E-state index in [0.717, 1.165) is 6.08 Å². The molecule has 0 aromatic carbocycles. The highest BCUT2D eigenvalue weighted by Gasteiger charge is 2.19. The molecule has 0 unspecified atom stereocenters. The second-order valence-electron chi connectivity index (χ2n) is 4.03. The first-order chi connectivity index (χ1) is 8.01. The summed E-state index contributed by atoms with van der Waals surface area (Å²) in [5, 5.41) is 3.00. The van der Waals surface area contributed by atoms with Gasteiger partial charge in [-0.05, 0) is 12.3 Å². The summed E-state index contributed by atoms with van der Waals surface area (Å²) >= 11 is 0. The van der Waals surface area contributed by atoms with Crippen molar-refractivity contribution in [3.8, 4) is 0 Å². The van der Waals surface area contributed by atoms with Gasteiger partial charge < -0.3 is 14.8 Å². The summed E-state index contributed by atoms with van der Waals surface area (Å²) < 4.78 is 9.48. The predicted molar refractivity (Wildman–Crippen MR) is 64.4 cm³/mol. The van der Waals surface area contributed by atoms with Gasteiger partial charge in [0.25, 0.3) is 0 Å². The van der Waals surface area contributed by atoms with Gasteiger partial charge in [0, 0.05) is 12.6 Å². The topological polar surface area (TPSA) is 64.6 Å². The maximum atomic E-state index is 11.4. The van der Waals surface area contributed by atoms with E-state index in [1.165, 1.54) is 7.11 Å². The molecule has 0 amide bonds. The predicted octanol–water partition coefficient (Wildman–Crippen LogP) is 0.893. The quantitative estimate of drug-likeness (QED) is 0.390. The summed E-state index contributed by atoms with van der Waals surface area (Å²) in [5.74, 6) is -0.388. The molecule has 1 atom stereocenters. The average Bonchev–Trinajstić information content (AvgIpc) is 2.31. The Kier molecular flexibility index (Phi) is 8.05. The highest BCUT2D eigenvalue weighted by molar-refractivity contribution is 5.81. The van der Waals surface area contributed by atoms with E-state index in [9.17, 15) is 9.59 Å². The molecular weight excluding hydrogens is 222 g/mol. The van der Waals surface area contributed by atoms with E-state index in [1.807, 2.05) is 13.8 Å². The number of carbonyl (C=O) groups is 2. The Balaban J connectivity index is 3.95. The Labute approximate surface area is 102 Å². The van der Waals surface area contributed by atoms with E-state index in [2.05, 4.69) is 16.6 Å². The molecule has 0 aliphatic carbocycles. The van der Waals surface area contributed by atoms with Crippen molar-refractivity contribution in [3.05, 3.63) is 12.7 Å². The molecule has 1 N–H and O–H groups in total. The molecule has 98 valence electrons. The first kappa shape index (κ1) is 15.6. The third kappa shape index (κ3) is 7.52. The fourth-order valence-corrected chi connectivity index (χ4v) is 1.32. The van der Waals surface area contributed by atoms with Crippen LogP contribution in [0.3, 0.4) is 0 Å². The summed E-state index contributed by atoms with van der Waals surface area (Å²) in [5.41, 5.74) is 0. The third-order valence-corrected chi connectivity index (χ3v) is 2.10. The molecule has 5 heteroatoms. The smallest absolute Gasteiger partial charge is 0.330 e. The molecule has 0 radical (unpaired) electrons. The maximum Gasteiger partial charge on any atom is 0.330 e. The van der Waals surface area contributed by atoms with E-state index in [-0.39, 0.29) is 18.6 Å². The van der Waals surface area contributed by atoms with E-state index >= 15 is 0 Å². The minimum Gasteiger partial charge on any atom is -0.468 e.